The number of hydrogen-bond acceptors (Lipinski definition) is 7. The van der Waals surface area contributed by atoms with Crippen molar-refractivity contribution in [3.05, 3.63) is 0 Å². The Morgan fingerprint density at radius 3 is 2.20 bits per heavy atom. The van der Waals surface area contributed by atoms with Gasteiger partial charge < -0.3 is 20.5 Å². The van der Waals surface area contributed by atoms with Gasteiger partial charge in [-0.25, -0.2) is 0 Å². The predicted molar refractivity (Wildman–Crippen MR) is 55.1 cm³/mol. The Morgan fingerprint density at radius 1 is 1.13 bits per heavy atom. The van der Waals surface area contributed by atoms with Crippen LogP contribution in [0.2, 0.25) is 0 Å². The van der Waals surface area contributed by atoms with Crippen molar-refractivity contribution < 1.29 is 9.47 Å². The summed E-state index contributed by atoms with van der Waals surface area (Å²) >= 11 is 0. The van der Waals surface area contributed by atoms with Gasteiger partial charge in [0.2, 0.25) is 5.95 Å². The van der Waals surface area contributed by atoms with E-state index in [1.54, 1.807) is 0 Å². The Morgan fingerprint density at radius 2 is 1.73 bits per heavy atom. The van der Waals surface area contributed by atoms with Gasteiger partial charge in [-0.05, 0) is 13.0 Å². The average Bonchev–Trinajstić information content (AvgIpc) is 2.29. The van der Waals surface area contributed by atoms with Crippen molar-refractivity contribution in [1.29, 1.82) is 0 Å². The molecule has 0 fully saturated rings. The third kappa shape index (κ3) is 3.55. The largest absolute Gasteiger partial charge is 0.467 e. The Hall–Kier alpha value is -1.63. The van der Waals surface area contributed by atoms with E-state index < -0.39 is 0 Å². The van der Waals surface area contributed by atoms with Gasteiger partial charge in [-0.3, -0.25) is 0 Å². The highest BCUT2D eigenvalue weighted by atomic mass is 16.5. The molecule has 0 aliphatic heterocycles. The Labute approximate surface area is 88.0 Å². The molecule has 0 aliphatic rings. The number of anilines is 1. The third-order valence-corrected chi connectivity index (χ3v) is 1.62. The molecule has 1 rings (SSSR count). The smallest absolute Gasteiger partial charge is 0.324 e. The molecule has 84 valence electrons. The van der Waals surface area contributed by atoms with Crippen LogP contribution >= 0.6 is 0 Å². The van der Waals surface area contributed by atoms with E-state index in [2.05, 4.69) is 20.3 Å². The molecule has 0 atom stereocenters. The zero-order valence-electron chi connectivity index (χ0n) is 8.86. The summed E-state index contributed by atoms with van der Waals surface area (Å²) in [6.07, 6.45) is 0.844. The van der Waals surface area contributed by atoms with Crippen LogP contribution < -0.4 is 20.5 Å². The fourth-order valence-corrected chi connectivity index (χ4v) is 0.902. The number of nitrogens with zero attached hydrogens (tertiary/aromatic N) is 3. The summed E-state index contributed by atoms with van der Waals surface area (Å²) < 4.78 is 9.79. The fraction of sp³-hybridized carbons (Fsp3) is 0.625. The van der Waals surface area contributed by atoms with Crippen molar-refractivity contribution in [2.45, 2.75) is 6.42 Å². The minimum atomic E-state index is 0.220. The van der Waals surface area contributed by atoms with Crippen molar-refractivity contribution in [2.75, 3.05) is 32.6 Å². The molecule has 0 bridgehead atoms. The van der Waals surface area contributed by atoms with Gasteiger partial charge in [0, 0.05) is 6.54 Å². The first-order chi connectivity index (χ1) is 7.30. The van der Waals surface area contributed by atoms with E-state index in [1.807, 2.05) is 0 Å². The van der Waals surface area contributed by atoms with Crippen molar-refractivity contribution in [1.82, 2.24) is 15.0 Å². The predicted octanol–water partition coefficient (Wildman–Crippen LogP) is -0.350. The second kappa shape index (κ2) is 5.97. The molecule has 0 aliphatic carbocycles. The Bertz CT molecular complexity index is 285. The molecule has 7 nitrogen and oxygen atoms in total. The SMILES string of the molecule is COc1nc(NCCCN)nc(OC)n1. The monoisotopic (exact) mass is 213 g/mol. The standard InChI is InChI=1S/C8H15N5O2/c1-14-7-11-6(10-5-3-4-9)12-8(13-7)15-2/h3-5,9H2,1-2H3,(H,10,11,12,13). The van der Waals surface area contributed by atoms with E-state index in [1.165, 1.54) is 14.2 Å². The van der Waals surface area contributed by atoms with Gasteiger partial charge in [0.1, 0.15) is 0 Å². The molecule has 1 heterocycles. The first-order valence-corrected chi connectivity index (χ1v) is 4.58. The van der Waals surface area contributed by atoms with Gasteiger partial charge in [-0.1, -0.05) is 0 Å². The fourth-order valence-electron chi connectivity index (χ4n) is 0.902. The molecule has 15 heavy (non-hydrogen) atoms. The highest BCUT2D eigenvalue weighted by molar-refractivity contribution is 5.27. The average molecular weight is 213 g/mol. The second-order valence-corrected chi connectivity index (χ2v) is 2.70. The van der Waals surface area contributed by atoms with Gasteiger partial charge in [-0.15, -0.1) is 4.98 Å². The van der Waals surface area contributed by atoms with E-state index >= 15 is 0 Å². The van der Waals surface area contributed by atoms with Gasteiger partial charge in [0.15, 0.2) is 0 Å². The van der Waals surface area contributed by atoms with Crippen LogP contribution in [0.3, 0.4) is 0 Å². The van der Waals surface area contributed by atoms with Gasteiger partial charge in [0.25, 0.3) is 0 Å². The van der Waals surface area contributed by atoms with Crippen LogP contribution in [0.15, 0.2) is 0 Å². The zero-order valence-corrected chi connectivity index (χ0v) is 8.86. The number of hydrogen-bond donors (Lipinski definition) is 2. The normalized spacial score (nSPS) is 9.80. The van der Waals surface area contributed by atoms with Crippen LogP contribution in [0.25, 0.3) is 0 Å². The molecule has 0 spiro atoms. The van der Waals surface area contributed by atoms with E-state index in [9.17, 15) is 0 Å². The van der Waals surface area contributed by atoms with E-state index in [0.29, 0.717) is 19.0 Å². The summed E-state index contributed by atoms with van der Waals surface area (Å²) in [4.78, 5) is 11.9. The second-order valence-electron chi connectivity index (χ2n) is 2.70. The molecule has 0 amide bonds. The highest BCUT2D eigenvalue weighted by Crippen LogP contribution is 2.11. The maximum Gasteiger partial charge on any atom is 0.324 e. The van der Waals surface area contributed by atoms with Crippen molar-refractivity contribution in [2.24, 2.45) is 5.73 Å². The molecule has 0 unspecified atom stereocenters. The lowest BCUT2D eigenvalue weighted by atomic mass is 10.4. The zero-order chi connectivity index (χ0) is 11.1. The third-order valence-electron chi connectivity index (χ3n) is 1.62. The molecule has 3 N–H and O–H groups in total. The summed E-state index contributed by atoms with van der Waals surface area (Å²) in [5, 5.41) is 2.99. The Kier molecular flexibility index (Phi) is 4.55. The summed E-state index contributed by atoms with van der Waals surface area (Å²) in [6, 6.07) is 0.439. The van der Waals surface area contributed by atoms with E-state index in [0.717, 1.165) is 6.42 Å². The Balaban J connectivity index is 2.68. The summed E-state index contributed by atoms with van der Waals surface area (Å²) in [7, 11) is 2.97. The lowest BCUT2D eigenvalue weighted by molar-refractivity contribution is 0.341. The molecule has 7 heteroatoms. The number of aromatic nitrogens is 3. The van der Waals surface area contributed by atoms with Gasteiger partial charge in [-0.2, -0.15) is 9.97 Å². The number of rotatable bonds is 6. The first kappa shape index (κ1) is 11.4. The van der Waals surface area contributed by atoms with E-state index in [4.69, 9.17) is 15.2 Å². The molecule has 0 aromatic carbocycles. The van der Waals surface area contributed by atoms with Crippen LogP contribution in [-0.4, -0.2) is 42.3 Å². The minimum absolute atomic E-state index is 0.220. The van der Waals surface area contributed by atoms with Crippen LogP contribution in [-0.2, 0) is 0 Å². The summed E-state index contributed by atoms with van der Waals surface area (Å²) in [5.41, 5.74) is 5.36. The van der Waals surface area contributed by atoms with Crippen molar-refractivity contribution in [3.63, 3.8) is 0 Å². The number of nitrogens with two attached hydrogens (primary N) is 1. The van der Waals surface area contributed by atoms with Gasteiger partial charge >= 0.3 is 12.0 Å². The maximum atomic E-state index is 5.36. The van der Waals surface area contributed by atoms with Crippen LogP contribution in [0, 0.1) is 0 Å². The number of methoxy groups -OCH3 is 2. The lowest BCUT2D eigenvalue weighted by Gasteiger charge is -2.06. The maximum absolute atomic E-state index is 5.36. The molecular weight excluding hydrogens is 198 g/mol. The molecule has 0 saturated heterocycles. The molecule has 1 aromatic heterocycles. The van der Waals surface area contributed by atoms with Crippen LogP contribution in [0.4, 0.5) is 5.95 Å². The molecular formula is C8H15N5O2. The number of nitrogens with one attached hydrogen (secondary N) is 1. The quantitative estimate of drug-likeness (QED) is 0.623. The van der Waals surface area contributed by atoms with E-state index in [-0.39, 0.29) is 12.0 Å². The van der Waals surface area contributed by atoms with Crippen LogP contribution in [0.1, 0.15) is 6.42 Å². The van der Waals surface area contributed by atoms with Crippen molar-refractivity contribution in [3.8, 4) is 12.0 Å². The van der Waals surface area contributed by atoms with Crippen LogP contribution in [0.5, 0.6) is 12.0 Å². The summed E-state index contributed by atoms with van der Waals surface area (Å²) in [5.74, 6) is 0.423. The minimum Gasteiger partial charge on any atom is -0.467 e. The molecule has 0 saturated carbocycles. The van der Waals surface area contributed by atoms with Gasteiger partial charge in [0.05, 0.1) is 14.2 Å². The topological polar surface area (TPSA) is 95.2 Å². The lowest BCUT2D eigenvalue weighted by Crippen LogP contribution is -2.11. The number of ether oxygens (including phenoxy) is 2. The highest BCUT2D eigenvalue weighted by Gasteiger charge is 2.05. The summed E-state index contributed by atoms with van der Waals surface area (Å²) in [6.45, 7) is 1.32. The molecule has 1 aromatic rings. The molecule has 0 radical (unpaired) electrons. The first-order valence-electron chi connectivity index (χ1n) is 4.58. The van der Waals surface area contributed by atoms with Crippen molar-refractivity contribution >= 4 is 5.95 Å².